The molecule has 0 radical (unpaired) electrons. The van der Waals surface area contributed by atoms with E-state index in [1.807, 2.05) is 14.1 Å². The lowest BCUT2D eigenvalue weighted by molar-refractivity contribution is -0.879. The molecule has 3 heterocycles. The van der Waals surface area contributed by atoms with Crippen molar-refractivity contribution < 1.29 is 37.5 Å². The van der Waals surface area contributed by atoms with Crippen molar-refractivity contribution in [2.75, 3.05) is 65.3 Å². The van der Waals surface area contributed by atoms with Crippen LogP contribution in [-0.4, -0.2) is 119 Å². The van der Waals surface area contributed by atoms with Gasteiger partial charge in [0, 0.05) is 50.0 Å². The Morgan fingerprint density at radius 1 is 1.09 bits per heavy atom. The number of quaternary nitrogens is 1. The number of aliphatic hydroxyl groups is 1. The van der Waals surface area contributed by atoms with Crippen LogP contribution in [0.1, 0.15) is 26.5 Å². The van der Waals surface area contributed by atoms with E-state index in [9.17, 15) is 28.3 Å². The number of nitrogens with zero attached hydrogens (tertiary/aromatic N) is 6. The number of rotatable bonds is 7. The maximum absolute atomic E-state index is 14.8. The third-order valence-corrected chi connectivity index (χ3v) is 8.52. The van der Waals surface area contributed by atoms with E-state index >= 15 is 0 Å². The molecule has 0 saturated carbocycles. The van der Waals surface area contributed by atoms with Crippen LogP contribution >= 0.6 is 0 Å². The van der Waals surface area contributed by atoms with Crippen LogP contribution in [0.4, 0.5) is 19.3 Å². The van der Waals surface area contributed by atoms with Crippen molar-refractivity contribution >= 4 is 23.5 Å². The maximum atomic E-state index is 14.8. The molecule has 13 nitrogen and oxygen atoms in total. The summed E-state index contributed by atoms with van der Waals surface area (Å²) in [5.74, 6) is -3.73. The Bertz CT molecular complexity index is 1750. The van der Waals surface area contributed by atoms with Crippen LogP contribution in [-0.2, 0) is 7.05 Å². The summed E-state index contributed by atoms with van der Waals surface area (Å²) in [5, 5.41) is 24.6. The molecule has 2 fully saturated rings. The number of aromatic nitrogens is 2. The number of halogens is 2. The lowest BCUT2D eigenvalue weighted by Crippen LogP contribution is -2.56. The Balaban J connectivity index is 1.19. The smallest absolute Gasteiger partial charge is 0.318 e. The van der Waals surface area contributed by atoms with Crippen LogP contribution in [0.3, 0.4) is 0 Å². The number of likely N-dealkylation sites (tertiary alicyclic amines) is 1. The molecule has 4 amide bonds. The fourth-order valence-corrected chi connectivity index (χ4v) is 6.03. The summed E-state index contributed by atoms with van der Waals surface area (Å²) in [4.78, 5) is 46.7. The summed E-state index contributed by atoms with van der Waals surface area (Å²) in [6.45, 7) is 3.92. The topological polar surface area (TPSA) is 153 Å². The van der Waals surface area contributed by atoms with E-state index in [0.29, 0.717) is 60.6 Å². The first kappa shape index (κ1) is 33.3. The minimum Gasteiger partial charge on any atom is -0.476 e. The number of benzene rings is 2. The highest BCUT2D eigenvalue weighted by molar-refractivity contribution is 6.03. The highest BCUT2D eigenvalue weighted by atomic mass is 19.2. The number of carbonyl (C=O) groups is 3. The average molecular weight is 652 g/mol. The molecule has 0 bridgehead atoms. The highest BCUT2D eigenvalue weighted by Gasteiger charge is 2.40. The van der Waals surface area contributed by atoms with Crippen molar-refractivity contribution in [2.45, 2.75) is 19.1 Å². The van der Waals surface area contributed by atoms with Crippen molar-refractivity contribution in [3.05, 3.63) is 65.1 Å². The first-order chi connectivity index (χ1) is 22.3. The second-order valence-electron chi connectivity index (χ2n) is 12.4. The molecule has 2 saturated heterocycles. The van der Waals surface area contributed by atoms with E-state index in [2.05, 4.69) is 15.6 Å². The molecule has 5 rings (SSSR count). The standard InChI is InChI=1S/C32H36F2N8O5/c1-19-15-20(37-30(44)29-36-16-24(39(29)2)22-7-8-26(47-14-9-35)28(34)27(22)33)5-6-21(19)31(45)40-10-12-41(13-11-40)32(46)38-23-17-42(3,4)18-25(23)43/h5-8,15-16,23,25,43H,10-14,17-18H2,1-4H3,(H-,37,38,44,45,46)/p+1/t23-,25-/m1/s1. The van der Waals surface area contributed by atoms with Crippen molar-refractivity contribution in [1.29, 1.82) is 5.26 Å². The number of urea groups is 1. The Kier molecular flexibility index (Phi) is 9.45. The summed E-state index contributed by atoms with van der Waals surface area (Å²) in [7, 11) is 5.50. The van der Waals surface area contributed by atoms with E-state index in [4.69, 9.17) is 10.00 Å². The minimum absolute atomic E-state index is 0.0606. The molecule has 1 aromatic heterocycles. The van der Waals surface area contributed by atoms with Crippen molar-refractivity contribution in [3.8, 4) is 23.1 Å². The number of ether oxygens (including phenoxy) is 1. The molecule has 248 valence electrons. The molecule has 2 atom stereocenters. The lowest BCUT2D eigenvalue weighted by atomic mass is 10.1. The predicted octanol–water partition coefficient (Wildman–Crippen LogP) is 2.12. The van der Waals surface area contributed by atoms with E-state index < -0.39 is 36.0 Å². The Hall–Kier alpha value is -5.07. The van der Waals surface area contributed by atoms with Gasteiger partial charge in [-0.2, -0.15) is 9.65 Å². The minimum atomic E-state index is -1.26. The number of hydrogen-bond donors (Lipinski definition) is 3. The number of hydrogen-bond acceptors (Lipinski definition) is 7. The quantitative estimate of drug-likeness (QED) is 0.331. The largest absolute Gasteiger partial charge is 0.476 e. The lowest BCUT2D eigenvalue weighted by Gasteiger charge is -2.35. The molecule has 0 aliphatic carbocycles. The third-order valence-electron chi connectivity index (χ3n) is 8.52. The van der Waals surface area contributed by atoms with Crippen LogP contribution < -0.4 is 15.4 Å². The molecule has 2 aromatic carbocycles. The number of aliphatic hydroxyl groups excluding tert-OH is 1. The summed E-state index contributed by atoms with van der Waals surface area (Å²) in [5.41, 5.74) is 1.49. The summed E-state index contributed by atoms with van der Waals surface area (Å²) < 4.78 is 36.1. The average Bonchev–Trinajstić information content (AvgIpc) is 3.54. The first-order valence-electron chi connectivity index (χ1n) is 15.1. The molecular formula is C32H37F2N8O5+. The Morgan fingerprint density at radius 3 is 2.43 bits per heavy atom. The van der Waals surface area contributed by atoms with Crippen LogP contribution in [0, 0.1) is 29.9 Å². The van der Waals surface area contributed by atoms with E-state index in [0.717, 1.165) is 0 Å². The van der Waals surface area contributed by atoms with Gasteiger partial charge in [0.25, 0.3) is 11.8 Å². The number of carbonyl (C=O) groups excluding carboxylic acids is 3. The Labute approximate surface area is 270 Å². The fourth-order valence-electron chi connectivity index (χ4n) is 6.03. The van der Waals surface area contributed by atoms with Gasteiger partial charge in [0.05, 0.1) is 26.0 Å². The zero-order valence-corrected chi connectivity index (χ0v) is 26.6. The summed E-state index contributed by atoms with van der Waals surface area (Å²) in [6.07, 6.45) is 0.641. The second kappa shape index (κ2) is 13.3. The molecule has 0 spiro atoms. The monoisotopic (exact) mass is 651 g/mol. The molecule has 3 aromatic rings. The number of anilines is 1. The molecule has 47 heavy (non-hydrogen) atoms. The van der Waals surface area contributed by atoms with Gasteiger partial charge in [-0.15, -0.1) is 0 Å². The zero-order chi connectivity index (χ0) is 34.0. The van der Waals surface area contributed by atoms with Crippen LogP contribution in [0.2, 0.25) is 0 Å². The van der Waals surface area contributed by atoms with Crippen LogP contribution in [0.25, 0.3) is 11.3 Å². The highest BCUT2D eigenvalue weighted by Crippen LogP contribution is 2.30. The molecule has 3 N–H and O–H groups in total. The van der Waals surface area contributed by atoms with E-state index in [-0.39, 0.29) is 35.1 Å². The van der Waals surface area contributed by atoms with Gasteiger partial charge in [-0.3, -0.25) is 9.59 Å². The molecular weight excluding hydrogens is 614 g/mol. The maximum Gasteiger partial charge on any atom is 0.318 e. The predicted molar refractivity (Wildman–Crippen MR) is 166 cm³/mol. The third kappa shape index (κ3) is 7.03. The van der Waals surface area contributed by atoms with Gasteiger partial charge < -0.3 is 39.3 Å². The van der Waals surface area contributed by atoms with Crippen molar-refractivity contribution in [1.82, 2.24) is 24.7 Å². The number of nitrogens with one attached hydrogen (secondary N) is 2. The fraction of sp³-hybridized carbons (Fsp3) is 0.406. The van der Waals surface area contributed by atoms with Gasteiger partial charge in [-0.25, -0.2) is 14.2 Å². The van der Waals surface area contributed by atoms with Gasteiger partial charge in [-0.05, 0) is 42.8 Å². The first-order valence-corrected chi connectivity index (χ1v) is 15.1. The SMILES string of the molecule is Cc1cc(NC(=O)c2ncc(-c3ccc(OCC#N)c(F)c3F)n2C)ccc1C(=O)N1CCN(C(=O)N[C@@H]2C[N+](C)(C)C[C@H]2O)CC1. The van der Waals surface area contributed by atoms with Crippen LogP contribution in [0.15, 0.2) is 36.5 Å². The molecule has 0 unspecified atom stereocenters. The molecule has 2 aliphatic rings. The van der Waals surface area contributed by atoms with Gasteiger partial charge in [-0.1, -0.05) is 0 Å². The van der Waals surface area contributed by atoms with Gasteiger partial charge in [0.1, 0.15) is 31.3 Å². The normalized spacial score (nSPS) is 18.9. The number of imidazole rings is 1. The summed E-state index contributed by atoms with van der Waals surface area (Å²) in [6, 6.07) is 8.45. The second-order valence-corrected chi connectivity index (χ2v) is 12.4. The summed E-state index contributed by atoms with van der Waals surface area (Å²) >= 11 is 0. The number of likely N-dealkylation sites (N-methyl/N-ethyl adjacent to an activating group) is 1. The van der Waals surface area contributed by atoms with Crippen molar-refractivity contribution in [3.63, 3.8) is 0 Å². The Morgan fingerprint density at radius 2 is 1.79 bits per heavy atom. The van der Waals surface area contributed by atoms with E-state index in [1.54, 1.807) is 41.0 Å². The molecule has 2 aliphatic heterocycles. The zero-order valence-electron chi connectivity index (χ0n) is 26.6. The number of amides is 4. The number of aryl methyl sites for hydroxylation is 1. The van der Waals surface area contributed by atoms with E-state index in [1.165, 1.54) is 29.9 Å². The van der Waals surface area contributed by atoms with Gasteiger partial charge in [0.2, 0.25) is 5.82 Å². The number of nitriles is 1. The van der Waals surface area contributed by atoms with Gasteiger partial charge in [0.15, 0.2) is 24.0 Å². The van der Waals surface area contributed by atoms with Crippen molar-refractivity contribution in [2.24, 2.45) is 7.05 Å². The van der Waals surface area contributed by atoms with Gasteiger partial charge >= 0.3 is 6.03 Å². The van der Waals surface area contributed by atoms with Crippen LogP contribution in [0.5, 0.6) is 5.75 Å². The molecule has 15 heteroatoms. The number of piperazine rings is 1.